The number of hydrogen-bond acceptors (Lipinski definition) is 2. The molecule has 1 aromatic carbocycles. The van der Waals surface area contributed by atoms with Gasteiger partial charge in [-0.3, -0.25) is 0 Å². The smallest absolute Gasteiger partial charge is 0.405 e. The van der Waals surface area contributed by atoms with Gasteiger partial charge in [-0.1, -0.05) is 36.7 Å². The molecule has 0 fully saturated rings. The van der Waals surface area contributed by atoms with Gasteiger partial charge in [0.25, 0.3) is 0 Å². The van der Waals surface area contributed by atoms with Crippen LogP contribution >= 0.6 is 28.3 Å². The predicted octanol–water partition coefficient (Wildman–Crippen LogP) is 4.82. The van der Waals surface area contributed by atoms with E-state index in [-0.39, 0.29) is 23.6 Å². The van der Waals surface area contributed by atoms with Crippen LogP contribution in [0.4, 0.5) is 13.2 Å². The Labute approximate surface area is 125 Å². The van der Waals surface area contributed by atoms with Gasteiger partial charge < -0.3 is 10.5 Å². The van der Waals surface area contributed by atoms with Crippen molar-refractivity contribution in [2.75, 3.05) is 0 Å². The van der Waals surface area contributed by atoms with Crippen LogP contribution in [0, 0.1) is 5.41 Å². The number of alkyl halides is 3. The number of halogens is 5. The molecule has 0 spiro atoms. The lowest BCUT2D eigenvalue weighted by molar-refractivity contribution is -0.275. The second-order valence-corrected chi connectivity index (χ2v) is 5.99. The highest BCUT2D eigenvalue weighted by molar-refractivity contribution is 9.10. The van der Waals surface area contributed by atoms with Crippen molar-refractivity contribution in [1.82, 2.24) is 0 Å². The highest BCUT2D eigenvalue weighted by atomic mass is 79.9. The number of hydrogen-bond donors (Lipinski definition) is 1. The van der Waals surface area contributed by atoms with Crippen LogP contribution in [0.1, 0.15) is 32.4 Å². The molecule has 2 N–H and O–H groups in total. The monoisotopic (exact) mass is 361 g/mol. The van der Waals surface area contributed by atoms with Gasteiger partial charge in [-0.25, -0.2) is 0 Å². The molecule has 7 heteroatoms. The molecule has 1 rings (SSSR count). The van der Waals surface area contributed by atoms with Gasteiger partial charge in [-0.15, -0.1) is 25.6 Å². The maximum Gasteiger partial charge on any atom is 0.573 e. The number of nitrogens with two attached hydrogens (primary N) is 1. The van der Waals surface area contributed by atoms with Gasteiger partial charge in [-0.05, 0) is 23.6 Å². The molecule has 0 unspecified atom stereocenters. The quantitative estimate of drug-likeness (QED) is 0.819. The van der Waals surface area contributed by atoms with Crippen LogP contribution in [0.15, 0.2) is 22.7 Å². The van der Waals surface area contributed by atoms with E-state index in [0.29, 0.717) is 10.0 Å². The molecular weight excluding hydrogens is 346 g/mol. The van der Waals surface area contributed by atoms with Crippen LogP contribution in [0.5, 0.6) is 5.75 Å². The van der Waals surface area contributed by atoms with E-state index in [1.165, 1.54) is 12.1 Å². The Morgan fingerprint density at radius 3 is 2.16 bits per heavy atom. The van der Waals surface area contributed by atoms with Gasteiger partial charge in [0.2, 0.25) is 0 Å². The molecule has 0 amide bonds. The molecule has 0 aliphatic carbocycles. The fourth-order valence-electron chi connectivity index (χ4n) is 1.45. The van der Waals surface area contributed by atoms with Crippen LogP contribution in [-0.2, 0) is 0 Å². The second kappa shape index (κ2) is 6.33. The van der Waals surface area contributed by atoms with Crippen LogP contribution < -0.4 is 10.5 Å². The summed E-state index contributed by atoms with van der Waals surface area (Å²) in [5.41, 5.74) is 5.95. The van der Waals surface area contributed by atoms with Crippen molar-refractivity contribution in [2.24, 2.45) is 11.1 Å². The van der Waals surface area contributed by atoms with Gasteiger partial charge in [0.05, 0.1) is 0 Å². The first-order valence-electron chi connectivity index (χ1n) is 5.31. The highest BCUT2D eigenvalue weighted by Gasteiger charge is 2.34. The van der Waals surface area contributed by atoms with E-state index >= 15 is 0 Å². The standard InChI is InChI=1S/C12H15BrF3NO.ClH/c1-11(2,3)10(17)8-6-7(13)4-5-9(8)18-12(14,15)16;/h4-6,10H,17H2,1-3H3;1H/t10-;/m1./s1. The summed E-state index contributed by atoms with van der Waals surface area (Å²) in [6, 6.07) is 3.74. The number of ether oxygens (including phenoxy) is 1. The number of rotatable bonds is 2. The molecule has 0 saturated carbocycles. The fraction of sp³-hybridized carbons (Fsp3) is 0.500. The molecule has 1 atom stereocenters. The topological polar surface area (TPSA) is 35.2 Å². The Hall–Kier alpha value is -0.460. The normalized spacial score (nSPS) is 13.7. The summed E-state index contributed by atoms with van der Waals surface area (Å²) in [5.74, 6) is -0.256. The minimum atomic E-state index is -4.72. The lowest BCUT2D eigenvalue weighted by atomic mass is 9.83. The third-order valence-electron chi connectivity index (χ3n) is 2.47. The lowest BCUT2D eigenvalue weighted by Crippen LogP contribution is -2.28. The first kappa shape index (κ1) is 18.5. The zero-order chi connectivity index (χ0) is 14.1. The van der Waals surface area contributed by atoms with Gasteiger partial charge >= 0.3 is 6.36 Å². The molecule has 0 aliphatic rings. The van der Waals surface area contributed by atoms with Crippen molar-refractivity contribution in [2.45, 2.75) is 33.2 Å². The summed E-state index contributed by atoms with van der Waals surface area (Å²) in [4.78, 5) is 0. The third kappa shape index (κ3) is 5.58. The maximum absolute atomic E-state index is 12.3. The third-order valence-corrected chi connectivity index (χ3v) is 2.96. The Bertz CT molecular complexity index is 432. The van der Waals surface area contributed by atoms with Crippen molar-refractivity contribution >= 4 is 28.3 Å². The Kier molecular flexibility index (Phi) is 6.17. The van der Waals surface area contributed by atoms with Crippen LogP contribution in [-0.4, -0.2) is 6.36 Å². The zero-order valence-corrected chi connectivity index (χ0v) is 13.1. The molecule has 19 heavy (non-hydrogen) atoms. The van der Waals surface area contributed by atoms with E-state index in [1.54, 1.807) is 6.07 Å². The van der Waals surface area contributed by atoms with Crippen LogP contribution in [0.3, 0.4) is 0 Å². The van der Waals surface area contributed by atoms with Crippen molar-refractivity contribution in [3.05, 3.63) is 28.2 Å². The molecule has 1 aromatic rings. The Morgan fingerprint density at radius 1 is 1.21 bits per heavy atom. The summed E-state index contributed by atoms with van der Waals surface area (Å²) >= 11 is 3.22. The summed E-state index contributed by atoms with van der Waals surface area (Å²) < 4.78 is 41.6. The summed E-state index contributed by atoms with van der Waals surface area (Å²) in [6.45, 7) is 5.57. The van der Waals surface area contributed by atoms with E-state index in [1.807, 2.05) is 20.8 Å². The Morgan fingerprint density at radius 2 is 1.74 bits per heavy atom. The first-order valence-corrected chi connectivity index (χ1v) is 6.11. The highest BCUT2D eigenvalue weighted by Crippen LogP contribution is 2.38. The van der Waals surface area contributed by atoms with E-state index in [0.717, 1.165) is 0 Å². The summed E-state index contributed by atoms with van der Waals surface area (Å²) in [5, 5.41) is 0. The number of benzene rings is 1. The van der Waals surface area contributed by atoms with E-state index in [2.05, 4.69) is 20.7 Å². The van der Waals surface area contributed by atoms with Gasteiger partial charge in [-0.2, -0.15) is 0 Å². The average Bonchev–Trinajstić information content (AvgIpc) is 2.16. The van der Waals surface area contributed by atoms with Crippen molar-refractivity contribution in [3.8, 4) is 5.75 Å². The van der Waals surface area contributed by atoms with Gasteiger partial charge in [0, 0.05) is 16.1 Å². The molecule has 0 bridgehead atoms. The largest absolute Gasteiger partial charge is 0.573 e. The van der Waals surface area contributed by atoms with Gasteiger partial charge in [0.15, 0.2) is 0 Å². The first-order chi connectivity index (χ1) is 8.00. The lowest BCUT2D eigenvalue weighted by Gasteiger charge is -2.29. The molecule has 0 radical (unpaired) electrons. The SMILES string of the molecule is CC(C)(C)[C@H](N)c1cc(Br)ccc1OC(F)(F)F.Cl. The van der Waals surface area contributed by atoms with Crippen LogP contribution in [0.25, 0.3) is 0 Å². The summed E-state index contributed by atoms with van der Waals surface area (Å²) in [6.07, 6.45) is -4.72. The minimum Gasteiger partial charge on any atom is -0.405 e. The Balaban J connectivity index is 0.00000324. The second-order valence-electron chi connectivity index (χ2n) is 5.07. The molecular formula is C12H16BrClF3NO. The maximum atomic E-state index is 12.3. The minimum absolute atomic E-state index is 0. The molecule has 2 nitrogen and oxygen atoms in total. The zero-order valence-electron chi connectivity index (χ0n) is 10.7. The van der Waals surface area contributed by atoms with Crippen LogP contribution in [0.2, 0.25) is 0 Å². The summed E-state index contributed by atoms with van der Waals surface area (Å²) in [7, 11) is 0. The van der Waals surface area contributed by atoms with Crippen molar-refractivity contribution < 1.29 is 17.9 Å². The molecule has 0 saturated heterocycles. The van der Waals surface area contributed by atoms with E-state index < -0.39 is 12.4 Å². The molecule has 0 aromatic heterocycles. The molecule has 0 heterocycles. The van der Waals surface area contributed by atoms with Gasteiger partial charge in [0.1, 0.15) is 5.75 Å². The van der Waals surface area contributed by atoms with E-state index in [4.69, 9.17) is 5.73 Å². The molecule has 110 valence electrons. The molecule has 0 aliphatic heterocycles. The predicted molar refractivity (Wildman–Crippen MR) is 74.5 cm³/mol. The fourth-order valence-corrected chi connectivity index (χ4v) is 1.83. The van der Waals surface area contributed by atoms with Crippen molar-refractivity contribution in [3.63, 3.8) is 0 Å². The van der Waals surface area contributed by atoms with Crippen molar-refractivity contribution in [1.29, 1.82) is 0 Å². The average molecular weight is 363 g/mol. The van der Waals surface area contributed by atoms with E-state index in [9.17, 15) is 13.2 Å².